The van der Waals surface area contributed by atoms with Crippen LogP contribution in [-0.4, -0.2) is 42.9 Å². The highest BCUT2D eigenvalue weighted by Gasteiger charge is 2.15. The number of halogens is 2. The summed E-state index contributed by atoms with van der Waals surface area (Å²) in [6.07, 6.45) is 1.33. The van der Waals surface area contributed by atoms with Crippen LogP contribution in [0.15, 0.2) is 48.5 Å². The molecule has 0 aromatic heterocycles. The Balaban J connectivity index is 2.07. The molecule has 0 fully saturated rings. The summed E-state index contributed by atoms with van der Waals surface area (Å²) in [5.41, 5.74) is 2.01. The minimum atomic E-state index is 0.121. The lowest BCUT2D eigenvalue weighted by molar-refractivity contribution is -0.131. The lowest BCUT2D eigenvalue weighted by Crippen LogP contribution is -2.34. The minimum absolute atomic E-state index is 0.121. The molecule has 0 saturated heterocycles. The van der Waals surface area contributed by atoms with E-state index < -0.39 is 0 Å². The summed E-state index contributed by atoms with van der Waals surface area (Å²) in [5, 5.41) is 1.04. The van der Waals surface area contributed by atoms with Gasteiger partial charge in [0.2, 0.25) is 5.91 Å². The smallest absolute Gasteiger partial charge is 0.227 e. The molecule has 0 atom stereocenters. The zero-order valence-electron chi connectivity index (χ0n) is 14.7. The topological polar surface area (TPSA) is 23.6 Å². The number of carbonyl (C=O) groups is 1. The molecule has 0 saturated carbocycles. The van der Waals surface area contributed by atoms with Crippen LogP contribution in [0.1, 0.15) is 17.5 Å². The van der Waals surface area contributed by atoms with Crippen molar-refractivity contribution in [2.24, 2.45) is 0 Å². The third-order valence-electron chi connectivity index (χ3n) is 3.94. The van der Waals surface area contributed by atoms with Gasteiger partial charge in [0.15, 0.2) is 0 Å². The van der Waals surface area contributed by atoms with Crippen molar-refractivity contribution in [3.8, 4) is 0 Å². The van der Waals surface area contributed by atoms with Crippen LogP contribution in [0.5, 0.6) is 0 Å². The average Bonchev–Trinajstić information content (AvgIpc) is 2.57. The lowest BCUT2D eigenvalue weighted by atomic mass is 10.1. The maximum atomic E-state index is 12.8. The largest absolute Gasteiger partial charge is 0.338 e. The number of rotatable bonds is 8. The van der Waals surface area contributed by atoms with Gasteiger partial charge in [-0.1, -0.05) is 59.6 Å². The molecule has 0 aliphatic heterocycles. The number of carbonyl (C=O) groups excluding carboxylic acids is 1. The predicted octanol–water partition coefficient (Wildman–Crippen LogP) is 4.52. The standard InChI is InChI=1S/C20H24Cl2N2O/c1-23(2)11-6-12-24(15-17-9-10-18(21)19(22)13-17)20(25)14-16-7-4-3-5-8-16/h3-5,7-10,13H,6,11-12,14-15H2,1-2H3. The molecule has 2 aromatic carbocycles. The first kappa shape index (κ1) is 19.8. The molecule has 3 nitrogen and oxygen atoms in total. The van der Waals surface area contributed by atoms with E-state index in [0.29, 0.717) is 29.6 Å². The van der Waals surface area contributed by atoms with Gasteiger partial charge < -0.3 is 9.80 Å². The summed E-state index contributed by atoms with van der Waals surface area (Å²) in [4.78, 5) is 16.8. The van der Waals surface area contributed by atoms with Crippen LogP contribution in [0.3, 0.4) is 0 Å². The maximum absolute atomic E-state index is 12.8. The summed E-state index contributed by atoms with van der Waals surface area (Å²) < 4.78 is 0. The van der Waals surface area contributed by atoms with E-state index in [1.165, 1.54) is 0 Å². The second-order valence-corrected chi connectivity index (χ2v) is 7.20. The number of nitrogens with zero attached hydrogens (tertiary/aromatic N) is 2. The molecule has 0 aliphatic rings. The molecule has 0 radical (unpaired) electrons. The Morgan fingerprint density at radius 1 is 0.920 bits per heavy atom. The molecular formula is C20H24Cl2N2O. The van der Waals surface area contributed by atoms with Crippen molar-refractivity contribution >= 4 is 29.1 Å². The molecule has 2 rings (SSSR count). The Labute approximate surface area is 160 Å². The van der Waals surface area contributed by atoms with E-state index >= 15 is 0 Å². The Morgan fingerprint density at radius 3 is 2.28 bits per heavy atom. The third-order valence-corrected chi connectivity index (χ3v) is 4.68. The number of hydrogen-bond donors (Lipinski definition) is 0. The molecule has 2 aromatic rings. The van der Waals surface area contributed by atoms with Crippen LogP contribution >= 0.6 is 23.2 Å². The molecule has 0 heterocycles. The van der Waals surface area contributed by atoms with E-state index in [-0.39, 0.29) is 5.91 Å². The first-order valence-electron chi connectivity index (χ1n) is 8.36. The van der Waals surface area contributed by atoms with Gasteiger partial charge in [0, 0.05) is 13.1 Å². The first-order valence-corrected chi connectivity index (χ1v) is 9.11. The van der Waals surface area contributed by atoms with Gasteiger partial charge in [-0.3, -0.25) is 4.79 Å². The van der Waals surface area contributed by atoms with Crippen molar-refractivity contribution in [1.29, 1.82) is 0 Å². The summed E-state index contributed by atoms with van der Waals surface area (Å²) >= 11 is 12.1. The summed E-state index contributed by atoms with van der Waals surface area (Å²) in [6.45, 7) is 2.19. The highest BCUT2D eigenvalue weighted by Crippen LogP contribution is 2.23. The van der Waals surface area contributed by atoms with Gasteiger partial charge in [-0.15, -0.1) is 0 Å². The zero-order valence-corrected chi connectivity index (χ0v) is 16.2. The van der Waals surface area contributed by atoms with Gasteiger partial charge >= 0.3 is 0 Å². The van der Waals surface area contributed by atoms with E-state index in [4.69, 9.17) is 23.2 Å². The summed E-state index contributed by atoms with van der Waals surface area (Å²) in [7, 11) is 4.07. The predicted molar refractivity (Wildman–Crippen MR) is 105 cm³/mol. The molecule has 0 N–H and O–H groups in total. The molecule has 25 heavy (non-hydrogen) atoms. The average molecular weight is 379 g/mol. The molecule has 134 valence electrons. The Morgan fingerprint density at radius 2 is 1.64 bits per heavy atom. The van der Waals surface area contributed by atoms with Crippen molar-refractivity contribution in [2.45, 2.75) is 19.4 Å². The number of benzene rings is 2. The molecule has 0 unspecified atom stereocenters. The van der Waals surface area contributed by atoms with Gasteiger partial charge in [0.1, 0.15) is 0 Å². The maximum Gasteiger partial charge on any atom is 0.227 e. The van der Waals surface area contributed by atoms with E-state index in [1.807, 2.05) is 61.5 Å². The SMILES string of the molecule is CN(C)CCCN(Cc1ccc(Cl)c(Cl)c1)C(=O)Cc1ccccc1. The lowest BCUT2D eigenvalue weighted by Gasteiger charge is -2.24. The van der Waals surface area contributed by atoms with E-state index in [9.17, 15) is 4.79 Å². The summed E-state index contributed by atoms with van der Waals surface area (Å²) in [6, 6.07) is 15.4. The fourth-order valence-electron chi connectivity index (χ4n) is 2.61. The van der Waals surface area contributed by atoms with Gasteiger partial charge in [-0.05, 0) is 50.3 Å². The van der Waals surface area contributed by atoms with E-state index in [0.717, 1.165) is 24.1 Å². The molecular weight excluding hydrogens is 355 g/mol. The summed E-state index contributed by atoms with van der Waals surface area (Å²) in [5.74, 6) is 0.121. The van der Waals surface area contributed by atoms with E-state index in [2.05, 4.69) is 4.90 Å². The van der Waals surface area contributed by atoms with Crippen LogP contribution < -0.4 is 0 Å². The van der Waals surface area contributed by atoms with Crippen LogP contribution in [0.25, 0.3) is 0 Å². The highest BCUT2D eigenvalue weighted by molar-refractivity contribution is 6.42. The zero-order chi connectivity index (χ0) is 18.2. The van der Waals surface area contributed by atoms with E-state index in [1.54, 1.807) is 6.07 Å². The van der Waals surface area contributed by atoms with Gasteiger partial charge in [-0.2, -0.15) is 0 Å². The molecule has 5 heteroatoms. The fourth-order valence-corrected chi connectivity index (χ4v) is 2.93. The second-order valence-electron chi connectivity index (χ2n) is 6.38. The Kier molecular flexibility index (Phi) is 7.76. The van der Waals surface area contributed by atoms with Gasteiger partial charge in [-0.25, -0.2) is 0 Å². The fraction of sp³-hybridized carbons (Fsp3) is 0.350. The second kappa shape index (κ2) is 9.81. The van der Waals surface area contributed by atoms with Crippen LogP contribution in [-0.2, 0) is 17.8 Å². The van der Waals surface area contributed by atoms with Gasteiger partial charge in [0.05, 0.1) is 16.5 Å². The van der Waals surface area contributed by atoms with Crippen LogP contribution in [0, 0.1) is 0 Å². The van der Waals surface area contributed by atoms with Crippen molar-refractivity contribution in [2.75, 3.05) is 27.2 Å². The Hall–Kier alpha value is -1.55. The first-order chi connectivity index (χ1) is 12.0. The molecule has 0 spiro atoms. The number of amides is 1. The normalized spacial score (nSPS) is 10.9. The number of hydrogen-bond acceptors (Lipinski definition) is 2. The van der Waals surface area contributed by atoms with Crippen LogP contribution in [0.2, 0.25) is 10.0 Å². The Bertz CT molecular complexity index is 689. The molecule has 0 bridgehead atoms. The van der Waals surface area contributed by atoms with Gasteiger partial charge in [0.25, 0.3) is 0 Å². The van der Waals surface area contributed by atoms with Crippen molar-refractivity contribution in [3.05, 3.63) is 69.7 Å². The minimum Gasteiger partial charge on any atom is -0.338 e. The monoisotopic (exact) mass is 378 g/mol. The third kappa shape index (κ3) is 6.69. The molecule has 1 amide bonds. The highest BCUT2D eigenvalue weighted by atomic mass is 35.5. The van der Waals surface area contributed by atoms with Crippen molar-refractivity contribution in [1.82, 2.24) is 9.80 Å². The van der Waals surface area contributed by atoms with Crippen molar-refractivity contribution < 1.29 is 4.79 Å². The van der Waals surface area contributed by atoms with Crippen molar-refractivity contribution in [3.63, 3.8) is 0 Å². The van der Waals surface area contributed by atoms with Crippen LogP contribution in [0.4, 0.5) is 0 Å². The molecule has 0 aliphatic carbocycles. The quantitative estimate of drug-likeness (QED) is 0.674.